The summed E-state index contributed by atoms with van der Waals surface area (Å²) >= 11 is 10.4. The highest BCUT2D eigenvalue weighted by Crippen LogP contribution is 2.31. The van der Waals surface area contributed by atoms with E-state index < -0.39 is 11.9 Å². The minimum absolute atomic E-state index is 0.354. The molecule has 0 aliphatic carbocycles. The van der Waals surface area contributed by atoms with Crippen LogP contribution in [0, 0.1) is 0 Å². The van der Waals surface area contributed by atoms with Gasteiger partial charge in [-0.05, 0) is 38.5 Å². The molecule has 0 N–H and O–H groups in total. The number of rotatable bonds is 4. The SMILES string of the molecule is CN(Cc1ccc(O[P+](=S)Cl)cc1)C(=O)OC(C)(C)C. The van der Waals surface area contributed by atoms with E-state index in [-0.39, 0.29) is 6.09 Å². The van der Waals surface area contributed by atoms with Crippen LogP contribution in [0.1, 0.15) is 26.3 Å². The van der Waals surface area contributed by atoms with Gasteiger partial charge in [0.2, 0.25) is 23.0 Å². The average Bonchev–Trinajstić information content (AvgIpc) is 2.28. The second-order valence-electron chi connectivity index (χ2n) is 5.28. The molecule has 0 saturated carbocycles. The molecule has 0 bridgehead atoms. The van der Waals surface area contributed by atoms with E-state index in [9.17, 15) is 4.79 Å². The fraction of sp³-hybridized carbons (Fsp3) is 0.462. The van der Waals surface area contributed by atoms with Crippen molar-refractivity contribution in [3.05, 3.63) is 29.8 Å². The molecule has 4 nitrogen and oxygen atoms in total. The van der Waals surface area contributed by atoms with Gasteiger partial charge in [0, 0.05) is 13.6 Å². The molecular weight excluding hydrogens is 317 g/mol. The summed E-state index contributed by atoms with van der Waals surface area (Å²) in [6.07, 6.45) is -1.71. The molecule has 1 aromatic carbocycles. The average molecular weight is 335 g/mol. The van der Waals surface area contributed by atoms with E-state index >= 15 is 0 Å². The molecule has 1 aromatic rings. The zero-order valence-electron chi connectivity index (χ0n) is 11.9. The molecule has 1 unspecified atom stereocenters. The monoisotopic (exact) mass is 334 g/mol. The lowest BCUT2D eigenvalue weighted by Crippen LogP contribution is -2.33. The van der Waals surface area contributed by atoms with Crippen LogP contribution >= 0.6 is 17.5 Å². The highest BCUT2D eigenvalue weighted by molar-refractivity contribution is 8.15. The largest absolute Gasteiger partial charge is 0.511 e. The minimum atomic E-state index is -1.36. The first kappa shape index (κ1) is 17.2. The fourth-order valence-electron chi connectivity index (χ4n) is 1.42. The molecule has 0 aliphatic heterocycles. The third kappa shape index (κ3) is 6.51. The molecule has 7 heteroatoms. The molecule has 0 fully saturated rings. The number of carbonyl (C=O) groups is 1. The van der Waals surface area contributed by atoms with E-state index in [2.05, 4.69) is 0 Å². The van der Waals surface area contributed by atoms with E-state index in [4.69, 9.17) is 32.3 Å². The van der Waals surface area contributed by atoms with Crippen molar-refractivity contribution in [2.75, 3.05) is 7.05 Å². The second kappa shape index (κ2) is 7.21. The van der Waals surface area contributed by atoms with Gasteiger partial charge in [-0.25, -0.2) is 4.79 Å². The highest BCUT2D eigenvalue weighted by Gasteiger charge is 2.19. The number of hydrogen-bond donors (Lipinski definition) is 0. The topological polar surface area (TPSA) is 38.8 Å². The molecule has 0 radical (unpaired) electrons. The number of benzene rings is 1. The lowest BCUT2D eigenvalue weighted by Gasteiger charge is -2.24. The Hall–Kier alpha value is -0.900. The summed E-state index contributed by atoms with van der Waals surface area (Å²) in [6, 6.07) is 7.28. The first-order chi connectivity index (χ1) is 9.17. The molecule has 0 heterocycles. The van der Waals surface area contributed by atoms with Crippen molar-refractivity contribution in [1.29, 1.82) is 0 Å². The zero-order chi connectivity index (χ0) is 15.3. The van der Waals surface area contributed by atoms with E-state index in [1.165, 1.54) is 4.90 Å². The molecular formula is C13H18ClNO3PS+. The minimum Gasteiger partial charge on any atom is -0.444 e. The number of amides is 1. The van der Waals surface area contributed by atoms with Crippen LogP contribution in [0.2, 0.25) is 0 Å². The maximum Gasteiger partial charge on any atom is 0.511 e. The van der Waals surface area contributed by atoms with Crippen LogP contribution in [0.3, 0.4) is 0 Å². The zero-order valence-corrected chi connectivity index (χ0v) is 14.4. The van der Waals surface area contributed by atoms with Crippen LogP contribution in [-0.2, 0) is 23.1 Å². The Morgan fingerprint density at radius 1 is 1.35 bits per heavy atom. The predicted octanol–water partition coefficient (Wildman–Crippen LogP) is 4.44. The molecule has 110 valence electrons. The van der Waals surface area contributed by atoms with Crippen LogP contribution in [0.15, 0.2) is 24.3 Å². The van der Waals surface area contributed by atoms with Crippen molar-refractivity contribution in [3.8, 4) is 5.75 Å². The van der Waals surface area contributed by atoms with Gasteiger partial charge in [-0.2, -0.15) is 0 Å². The molecule has 0 spiro atoms. The van der Waals surface area contributed by atoms with Crippen molar-refractivity contribution >= 4 is 35.4 Å². The first-order valence-corrected chi connectivity index (χ1v) is 9.19. The third-order valence-electron chi connectivity index (χ3n) is 2.23. The number of hydrogen-bond acceptors (Lipinski definition) is 4. The molecule has 20 heavy (non-hydrogen) atoms. The summed E-state index contributed by atoms with van der Waals surface area (Å²) in [5.41, 5.74) is 0.471. The Morgan fingerprint density at radius 2 is 1.90 bits per heavy atom. The van der Waals surface area contributed by atoms with Crippen molar-refractivity contribution < 1.29 is 14.1 Å². The van der Waals surface area contributed by atoms with Crippen molar-refractivity contribution in [2.45, 2.75) is 32.9 Å². The van der Waals surface area contributed by atoms with Crippen molar-refractivity contribution in [3.63, 3.8) is 0 Å². The number of carbonyl (C=O) groups excluding carboxylic acids is 1. The van der Waals surface area contributed by atoms with E-state index in [1.54, 1.807) is 19.2 Å². The molecule has 0 saturated heterocycles. The van der Waals surface area contributed by atoms with Crippen LogP contribution in [0.25, 0.3) is 0 Å². The van der Waals surface area contributed by atoms with Gasteiger partial charge < -0.3 is 9.64 Å². The fourth-order valence-corrected chi connectivity index (χ4v) is 2.20. The second-order valence-corrected chi connectivity index (χ2v) is 8.41. The third-order valence-corrected chi connectivity index (χ3v) is 3.01. The number of ether oxygens (including phenoxy) is 1. The Balaban J connectivity index is 2.60. The van der Waals surface area contributed by atoms with Gasteiger partial charge in [0.15, 0.2) is 5.75 Å². The lowest BCUT2D eigenvalue weighted by atomic mass is 10.2. The number of nitrogens with zero attached hydrogens (tertiary/aromatic N) is 1. The van der Waals surface area contributed by atoms with Gasteiger partial charge in [0.1, 0.15) is 5.60 Å². The molecule has 1 atom stereocenters. The summed E-state index contributed by atoms with van der Waals surface area (Å²) in [5.74, 6) is 0.629. The standard InChI is InChI=1S/C13H18ClNO3PS/c1-13(2,3)17-12(16)15(4)9-10-5-7-11(8-6-10)18-19(14)20/h5-8H,9H2,1-4H3/q+1. The predicted molar refractivity (Wildman–Crippen MR) is 84.9 cm³/mol. The Morgan fingerprint density at radius 3 is 2.35 bits per heavy atom. The molecule has 1 amide bonds. The summed E-state index contributed by atoms with van der Waals surface area (Å²) in [6.45, 7) is 5.97. The highest BCUT2D eigenvalue weighted by atomic mass is 35.7. The first-order valence-electron chi connectivity index (χ1n) is 6.01. The maximum absolute atomic E-state index is 11.8. The maximum atomic E-state index is 11.8. The van der Waals surface area contributed by atoms with Gasteiger partial charge in [0.05, 0.1) is 0 Å². The smallest absolute Gasteiger partial charge is 0.444 e. The quantitative estimate of drug-likeness (QED) is 0.763. The van der Waals surface area contributed by atoms with Crippen LogP contribution in [0.4, 0.5) is 4.79 Å². The van der Waals surface area contributed by atoms with Gasteiger partial charge in [-0.3, -0.25) is 4.52 Å². The van der Waals surface area contributed by atoms with E-state index in [1.807, 2.05) is 32.9 Å². The Kier molecular flexibility index (Phi) is 6.18. The van der Waals surface area contributed by atoms with Crippen molar-refractivity contribution in [1.82, 2.24) is 4.90 Å². The van der Waals surface area contributed by atoms with Crippen LogP contribution < -0.4 is 4.52 Å². The summed E-state index contributed by atoms with van der Waals surface area (Å²) in [5, 5.41) is 0. The Bertz CT molecular complexity index is 487. The van der Waals surface area contributed by atoms with Gasteiger partial charge in [0.25, 0.3) is 0 Å². The summed E-state index contributed by atoms with van der Waals surface area (Å²) in [4.78, 5) is 13.3. The molecule has 0 aromatic heterocycles. The number of halogens is 1. The van der Waals surface area contributed by atoms with E-state index in [0.717, 1.165) is 5.56 Å². The lowest BCUT2D eigenvalue weighted by molar-refractivity contribution is 0.0285. The summed E-state index contributed by atoms with van der Waals surface area (Å²) in [7, 11) is 1.69. The van der Waals surface area contributed by atoms with Crippen molar-refractivity contribution in [2.24, 2.45) is 0 Å². The normalized spacial score (nSPS) is 11.8. The van der Waals surface area contributed by atoms with E-state index in [0.29, 0.717) is 12.3 Å². The Labute approximate surface area is 130 Å². The summed E-state index contributed by atoms with van der Waals surface area (Å²) < 4.78 is 10.5. The van der Waals surface area contributed by atoms with Crippen LogP contribution in [-0.4, -0.2) is 23.6 Å². The molecule has 1 rings (SSSR count). The van der Waals surface area contributed by atoms with Gasteiger partial charge >= 0.3 is 12.4 Å². The van der Waals surface area contributed by atoms with Gasteiger partial charge in [-0.1, -0.05) is 12.1 Å². The van der Waals surface area contributed by atoms with Gasteiger partial charge in [-0.15, -0.1) is 0 Å². The molecule has 0 aliphatic rings. The van der Waals surface area contributed by atoms with Crippen LogP contribution in [0.5, 0.6) is 5.75 Å².